The van der Waals surface area contributed by atoms with Gasteiger partial charge in [-0.2, -0.15) is 0 Å². The number of hydrogen-bond acceptors (Lipinski definition) is 0. The molecular weight excluding hydrogens is 485 g/mol. The molecule has 2 aliphatic carbocycles. The molecule has 0 nitrogen and oxygen atoms in total. The molecule has 0 aromatic heterocycles. The number of benzene rings is 2. The van der Waals surface area contributed by atoms with Gasteiger partial charge in [-0.05, 0) is 0 Å². The van der Waals surface area contributed by atoms with Gasteiger partial charge in [-0.15, -0.1) is 0 Å². The monoisotopic (exact) mass is 501 g/mol. The Bertz CT molecular complexity index is 819. The van der Waals surface area contributed by atoms with E-state index in [1.807, 2.05) is 12.1 Å². The molecule has 0 radical (unpaired) electrons. The summed E-state index contributed by atoms with van der Waals surface area (Å²) in [6, 6.07) is 12.8. The van der Waals surface area contributed by atoms with E-state index in [9.17, 15) is 0 Å². The van der Waals surface area contributed by atoms with Crippen LogP contribution in [0.2, 0.25) is 13.7 Å². The van der Waals surface area contributed by atoms with Crippen LogP contribution in [0.5, 0.6) is 0 Å². The van der Waals surface area contributed by atoms with Crippen LogP contribution in [0, 0.1) is 0 Å². The van der Waals surface area contributed by atoms with E-state index in [1.165, 1.54) is 22.3 Å². The third-order valence-electron chi connectivity index (χ3n) is 5.01. The molecule has 4 rings (SSSR count). The first-order valence-electron chi connectivity index (χ1n) is 8.38. The molecule has 26 heavy (non-hydrogen) atoms. The molecule has 0 unspecified atom stereocenters. The zero-order valence-corrected chi connectivity index (χ0v) is 20.1. The van der Waals surface area contributed by atoms with Gasteiger partial charge in [0.15, 0.2) is 0 Å². The summed E-state index contributed by atoms with van der Waals surface area (Å²) >= 11 is 10.8. The summed E-state index contributed by atoms with van der Waals surface area (Å²) in [4.78, 5) is 0. The van der Waals surface area contributed by atoms with Crippen LogP contribution in [-0.4, -0.2) is 0 Å². The standard InChI is InChI=1S/C13H7Cl2.C5H5.C3H7.2ClH.Zr/c14-10-1-3-12-8(6-10)5-9-7-11(15)2-4-13(9)12;1-2-4-5-3-1;1-3-2;;;/h1-7H;1-3H,4H2;3H,1-2H3;2*1H;/q;;;;;+2/p-2. The molecule has 0 heterocycles. The smallest absolute Gasteiger partial charge is 1.00 e. The molecule has 5 heteroatoms. The van der Waals surface area contributed by atoms with E-state index in [1.54, 1.807) is 3.28 Å². The van der Waals surface area contributed by atoms with E-state index in [2.05, 4.69) is 56.3 Å². The molecule has 0 N–H and O–H groups in total. The van der Waals surface area contributed by atoms with Crippen molar-refractivity contribution in [3.05, 3.63) is 79.1 Å². The Morgan fingerprint density at radius 1 is 0.923 bits per heavy atom. The summed E-state index contributed by atoms with van der Waals surface area (Å²) < 4.78 is 2.96. The van der Waals surface area contributed by atoms with E-state index >= 15 is 0 Å². The van der Waals surface area contributed by atoms with Gasteiger partial charge in [0.25, 0.3) is 0 Å². The second-order valence-corrected chi connectivity index (χ2v) is 15.8. The fraction of sp³-hybridized carbons (Fsp3) is 0.238. The number of halogens is 4. The predicted molar refractivity (Wildman–Crippen MR) is 101 cm³/mol. The maximum absolute atomic E-state index is 6.38. The molecule has 0 saturated carbocycles. The summed E-state index contributed by atoms with van der Waals surface area (Å²) in [5.41, 5.74) is 5.55. The van der Waals surface area contributed by atoms with Crippen LogP contribution in [0.15, 0.2) is 57.9 Å². The summed E-state index contributed by atoms with van der Waals surface area (Å²) in [6.07, 6.45) is 8.03. The normalized spacial score (nSPS) is 14.4. The molecule has 0 spiro atoms. The van der Waals surface area contributed by atoms with Gasteiger partial charge in [-0.3, -0.25) is 0 Å². The SMILES string of the molecule is C[CH](C)[Zr+2]([C]1=CC=CC1)[CH]1c2cc(Cl)ccc2-c2ccc(Cl)cc21.[Cl-].[Cl-]. The maximum atomic E-state index is 6.38. The van der Waals surface area contributed by atoms with Crippen LogP contribution in [0.25, 0.3) is 11.1 Å². The number of allylic oxidation sites excluding steroid dienone is 4. The van der Waals surface area contributed by atoms with Crippen molar-refractivity contribution in [3.8, 4) is 11.1 Å². The third kappa shape index (κ3) is 3.89. The van der Waals surface area contributed by atoms with Gasteiger partial charge < -0.3 is 24.8 Å². The maximum Gasteiger partial charge on any atom is -1.00 e. The minimum atomic E-state index is -1.95. The molecule has 0 amide bonds. The molecular formula is C21H19Cl4Zr. The van der Waals surface area contributed by atoms with E-state index in [0.29, 0.717) is 3.63 Å². The van der Waals surface area contributed by atoms with Gasteiger partial charge in [0.05, 0.1) is 0 Å². The molecule has 0 saturated heterocycles. The van der Waals surface area contributed by atoms with Crippen molar-refractivity contribution in [1.29, 1.82) is 0 Å². The molecule has 0 bridgehead atoms. The van der Waals surface area contributed by atoms with Crippen molar-refractivity contribution >= 4 is 23.2 Å². The first-order valence-corrected chi connectivity index (χ1v) is 13.2. The zero-order chi connectivity index (χ0) is 16.8. The molecule has 135 valence electrons. The molecule has 0 aliphatic heterocycles. The summed E-state index contributed by atoms with van der Waals surface area (Å²) in [7, 11) is 0. The second-order valence-electron chi connectivity index (χ2n) is 6.83. The minimum Gasteiger partial charge on any atom is -1.00 e. The Labute approximate surface area is 186 Å². The summed E-state index contributed by atoms with van der Waals surface area (Å²) in [5.74, 6) is 0. The van der Waals surface area contributed by atoms with Gasteiger partial charge in [0.1, 0.15) is 0 Å². The fourth-order valence-corrected chi connectivity index (χ4v) is 13.2. The van der Waals surface area contributed by atoms with E-state index < -0.39 is 21.8 Å². The Morgan fingerprint density at radius 3 is 1.88 bits per heavy atom. The predicted octanol–water partition coefficient (Wildman–Crippen LogP) is 1.36. The quantitative estimate of drug-likeness (QED) is 0.593. The van der Waals surface area contributed by atoms with Crippen LogP contribution in [0.3, 0.4) is 0 Å². The second kappa shape index (κ2) is 8.98. The van der Waals surface area contributed by atoms with E-state index in [4.69, 9.17) is 23.2 Å². The van der Waals surface area contributed by atoms with Crippen molar-refractivity contribution in [1.82, 2.24) is 0 Å². The Morgan fingerprint density at radius 2 is 1.46 bits per heavy atom. The van der Waals surface area contributed by atoms with Crippen LogP contribution >= 0.6 is 23.2 Å². The van der Waals surface area contributed by atoms with Crippen molar-refractivity contribution in [2.24, 2.45) is 0 Å². The number of hydrogen-bond donors (Lipinski definition) is 0. The minimum absolute atomic E-state index is 0. The Kier molecular flexibility index (Phi) is 7.68. The van der Waals surface area contributed by atoms with Gasteiger partial charge in [0.2, 0.25) is 0 Å². The molecule has 0 atom stereocenters. The first-order chi connectivity index (χ1) is 11.6. The van der Waals surface area contributed by atoms with E-state index in [0.717, 1.165) is 20.1 Å². The van der Waals surface area contributed by atoms with Gasteiger partial charge in [-0.25, -0.2) is 0 Å². The van der Waals surface area contributed by atoms with Gasteiger partial charge in [0, 0.05) is 0 Å². The van der Waals surface area contributed by atoms with Crippen molar-refractivity contribution in [2.45, 2.75) is 27.5 Å². The first kappa shape index (κ1) is 22.3. The largest absolute Gasteiger partial charge is 1.00 e. The third-order valence-corrected chi connectivity index (χ3v) is 14.3. The topological polar surface area (TPSA) is 0 Å². The number of fused-ring (bicyclic) bond motifs is 3. The van der Waals surface area contributed by atoms with Crippen LogP contribution in [-0.2, 0) is 21.8 Å². The molecule has 2 aromatic carbocycles. The molecule has 2 aliphatic rings. The average molecular weight is 504 g/mol. The van der Waals surface area contributed by atoms with Crippen LogP contribution in [0.4, 0.5) is 0 Å². The summed E-state index contributed by atoms with van der Waals surface area (Å²) in [5, 5.41) is 1.67. The van der Waals surface area contributed by atoms with E-state index in [-0.39, 0.29) is 24.8 Å². The van der Waals surface area contributed by atoms with Crippen molar-refractivity contribution in [3.63, 3.8) is 0 Å². The van der Waals surface area contributed by atoms with Crippen molar-refractivity contribution in [2.75, 3.05) is 0 Å². The van der Waals surface area contributed by atoms with Crippen molar-refractivity contribution < 1.29 is 46.6 Å². The van der Waals surface area contributed by atoms with Crippen LogP contribution < -0.4 is 24.8 Å². The van der Waals surface area contributed by atoms with Gasteiger partial charge >= 0.3 is 163 Å². The summed E-state index contributed by atoms with van der Waals surface area (Å²) in [6.45, 7) is 4.81. The zero-order valence-electron chi connectivity index (χ0n) is 14.6. The average Bonchev–Trinajstić information content (AvgIpc) is 3.15. The molecule has 2 aromatic rings. The molecule has 0 fully saturated rings. The fourth-order valence-electron chi connectivity index (χ4n) is 4.09. The number of rotatable bonds is 3. The Hall–Kier alpha value is -0.0369. The Balaban J connectivity index is 0.00000121. The van der Waals surface area contributed by atoms with Gasteiger partial charge in [-0.1, -0.05) is 0 Å². The van der Waals surface area contributed by atoms with Crippen LogP contribution in [0.1, 0.15) is 35.0 Å².